The Kier molecular flexibility index (Phi) is 6.83. The fourth-order valence-electron chi connectivity index (χ4n) is 2.40. The fraction of sp³-hybridized carbons (Fsp3) is 0.643. The topological polar surface area (TPSA) is 106 Å². The quantitative estimate of drug-likeness (QED) is 0.511. The van der Waals surface area contributed by atoms with Gasteiger partial charge in [0.2, 0.25) is 5.43 Å². The SMILES string of the molecule is CC(C)n1c(CO)cc(=O)c(O)c1CN(CCO)CCO. The Morgan fingerprint density at radius 1 is 1.19 bits per heavy atom. The molecule has 1 rings (SSSR count). The number of aliphatic hydroxyl groups excluding tert-OH is 3. The van der Waals surface area contributed by atoms with Gasteiger partial charge < -0.3 is 25.0 Å². The Bertz CT molecular complexity index is 507. The number of nitrogens with zero attached hydrogens (tertiary/aromatic N) is 2. The molecule has 21 heavy (non-hydrogen) atoms. The second-order valence-corrected chi connectivity index (χ2v) is 5.14. The molecule has 1 heterocycles. The van der Waals surface area contributed by atoms with Gasteiger partial charge in [-0.05, 0) is 13.8 Å². The standard InChI is InChI=1S/C14H24N2O5/c1-10(2)16-11(9-19)7-13(20)14(21)12(16)8-15(3-5-17)4-6-18/h7,10,17-19,21H,3-6,8-9H2,1-2H3. The van der Waals surface area contributed by atoms with E-state index in [1.54, 1.807) is 9.47 Å². The molecule has 0 aliphatic rings. The maximum absolute atomic E-state index is 11.8. The lowest BCUT2D eigenvalue weighted by atomic mass is 10.2. The number of hydrogen-bond acceptors (Lipinski definition) is 6. The molecule has 7 heteroatoms. The van der Waals surface area contributed by atoms with E-state index in [0.29, 0.717) is 24.5 Å². The van der Waals surface area contributed by atoms with Crippen molar-refractivity contribution in [2.75, 3.05) is 26.3 Å². The van der Waals surface area contributed by atoms with E-state index in [0.717, 1.165) is 0 Å². The van der Waals surface area contributed by atoms with Crippen molar-refractivity contribution in [3.05, 3.63) is 27.7 Å². The maximum atomic E-state index is 11.8. The van der Waals surface area contributed by atoms with Gasteiger partial charge in [-0.25, -0.2) is 0 Å². The minimum absolute atomic E-state index is 0.0567. The van der Waals surface area contributed by atoms with E-state index in [1.165, 1.54) is 6.07 Å². The van der Waals surface area contributed by atoms with E-state index in [-0.39, 0.29) is 38.2 Å². The largest absolute Gasteiger partial charge is 0.503 e. The molecular weight excluding hydrogens is 276 g/mol. The van der Waals surface area contributed by atoms with E-state index in [4.69, 9.17) is 10.2 Å². The van der Waals surface area contributed by atoms with Crippen molar-refractivity contribution in [3.8, 4) is 5.75 Å². The molecule has 0 spiro atoms. The third-order valence-corrected chi connectivity index (χ3v) is 3.29. The zero-order valence-corrected chi connectivity index (χ0v) is 12.5. The van der Waals surface area contributed by atoms with Gasteiger partial charge in [-0.3, -0.25) is 9.69 Å². The smallest absolute Gasteiger partial charge is 0.223 e. The molecule has 0 aromatic carbocycles. The fourth-order valence-corrected chi connectivity index (χ4v) is 2.40. The van der Waals surface area contributed by atoms with Gasteiger partial charge in [0.1, 0.15) is 0 Å². The van der Waals surface area contributed by atoms with Crippen molar-refractivity contribution in [2.45, 2.75) is 33.0 Å². The van der Waals surface area contributed by atoms with Crippen LogP contribution >= 0.6 is 0 Å². The molecule has 0 fully saturated rings. The first-order valence-corrected chi connectivity index (χ1v) is 6.97. The number of hydrogen-bond donors (Lipinski definition) is 4. The second-order valence-electron chi connectivity index (χ2n) is 5.14. The van der Waals surface area contributed by atoms with Crippen LogP contribution in [0.1, 0.15) is 31.3 Å². The first-order valence-electron chi connectivity index (χ1n) is 6.97. The summed E-state index contributed by atoms with van der Waals surface area (Å²) in [6.45, 7) is 4.11. The summed E-state index contributed by atoms with van der Waals surface area (Å²) in [7, 11) is 0. The van der Waals surface area contributed by atoms with Crippen LogP contribution in [0.15, 0.2) is 10.9 Å². The van der Waals surface area contributed by atoms with E-state index in [1.807, 2.05) is 13.8 Å². The number of aromatic nitrogens is 1. The van der Waals surface area contributed by atoms with Crippen molar-refractivity contribution in [3.63, 3.8) is 0 Å². The molecule has 7 nitrogen and oxygen atoms in total. The van der Waals surface area contributed by atoms with Crippen LogP contribution in [0.4, 0.5) is 0 Å². The van der Waals surface area contributed by atoms with Gasteiger partial charge in [0.25, 0.3) is 0 Å². The summed E-state index contributed by atoms with van der Waals surface area (Å²) in [5.74, 6) is -0.359. The summed E-state index contributed by atoms with van der Waals surface area (Å²) in [5, 5.41) is 37.6. The van der Waals surface area contributed by atoms with Crippen molar-refractivity contribution in [1.82, 2.24) is 9.47 Å². The summed E-state index contributed by atoms with van der Waals surface area (Å²) in [6, 6.07) is 1.17. The Labute approximate surface area is 123 Å². The first-order chi connectivity index (χ1) is 9.96. The average molecular weight is 300 g/mol. The van der Waals surface area contributed by atoms with Gasteiger partial charge in [-0.2, -0.15) is 0 Å². The van der Waals surface area contributed by atoms with Gasteiger partial charge >= 0.3 is 0 Å². The van der Waals surface area contributed by atoms with Crippen LogP contribution in [0.2, 0.25) is 0 Å². The predicted molar refractivity (Wildman–Crippen MR) is 78.1 cm³/mol. The lowest BCUT2D eigenvalue weighted by molar-refractivity contribution is 0.150. The third kappa shape index (κ3) is 4.28. The second kappa shape index (κ2) is 8.14. The minimum atomic E-state index is -0.543. The van der Waals surface area contributed by atoms with Crippen LogP contribution in [0.5, 0.6) is 5.75 Å². The minimum Gasteiger partial charge on any atom is -0.503 e. The number of pyridine rings is 1. The highest BCUT2D eigenvalue weighted by molar-refractivity contribution is 5.30. The van der Waals surface area contributed by atoms with Gasteiger partial charge in [0.05, 0.1) is 25.5 Å². The molecule has 0 aliphatic heterocycles. The summed E-state index contributed by atoms with van der Waals surface area (Å²) in [5.41, 5.74) is 0.262. The molecule has 1 aromatic rings. The van der Waals surface area contributed by atoms with Crippen LogP contribution in [0, 0.1) is 0 Å². The number of aromatic hydroxyl groups is 1. The Morgan fingerprint density at radius 2 is 1.76 bits per heavy atom. The summed E-state index contributed by atoms with van der Waals surface area (Å²) in [4.78, 5) is 13.5. The van der Waals surface area contributed by atoms with Crippen molar-refractivity contribution < 1.29 is 20.4 Å². The van der Waals surface area contributed by atoms with Gasteiger partial charge in [0.15, 0.2) is 5.75 Å². The summed E-state index contributed by atoms with van der Waals surface area (Å²) >= 11 is 0. The van der Waals surface area contributed by atoms with Gasteiger partial charge in [0, 0.05) is 37.4 Å². The lowest BCUT2D eigenvalue weighted by Crippen LogP contribution is -2.32. The molecular formula is C14H24N2O5. The lowest BCUT2D eigenvalue weighted by Gasteiger charge is -2.26. The Balaban J connectivity index is 3.30. The molecule has 0 saturated carbocycles. The van der Waals surface area contributed by atoms with Crippen molar-refractivity contribution >= 4 is 0 Å². The van der Waals surface area contributed by atoms with E-state index >= 15 is 0 Å². The average Bonchev–Trinajstić information content (AvgIpc) is 2.43. The number of rotatable bonds is 8. The molecule has 0 radical (unpaired) electrons. The molecule has 0 aliphatic carbocycles. The molecule has 4 N–H and O–H groups in total. The normalized spacial score (nSPS) is 11.6. The third-order valence-electron chi connectivity index (χ3n) is 3.29. The highest BCUT2D eigenvalue weighted by Crippen LogP contribution is 2.21. The van der Waals surface area contributed by atoms with E-state index < -0.39 is 5.43 Å². The van der Waals surface area contributed by atoms with Crippen molar-refractivity contribution in [2.24, 2.45) is 0 Å². The van der Waals surface area contributed by atoms with Crippen LogP contribution in [0.3, 0.4) is 0 Å². The van der Waals surface area contributed by atoms with E-state index in [9.17, 15) is 15.0 Å². The Hall–Kier alpha value is -1.41. The van der Waals surface area contributed by atoms with E-state index in [2.05, 4.69) is 0 Å². The first kappa shape index (κ1) is 17.6. The van der Waals surface area contributed by atoms with Crippen LogP contribution < -0.4 is 5.43 Å². The summed E-state index contributed by atoms with van der Waals surface area (Å²) in [6.07, 6.45) is 0. The molecule has 0 amide bonds. The molecule has 0 atom stereocenters. The molecule has 0 bridgehead atoms. The van der Waals surface area contributed by atoms with Gasteiger partial charge in [-0.15, -0.1) is 0 Å². The van der Waals surface area contributed by atoms with Crippen LogP contribution in [-0.4, -0.2) is 56.2 Å². The molecule has 0 saturated heterocycles. The predicted octanol–water partition coefficient (Wildman–Crippen LogP) is -0.586. The van der Waals surface area contributed by atoms with Crippen LogP contribution in [-0.2, 0) is 13.2 Å². The highest BCUT2D eigenvalue weighted by atomic mass is 16.3. The molecule has 1 aromatic heterocycles. The zero-order valence-electron chi connectivity index (χ0n) is 12.5. The van der Waals surface area contributed by atoms with Crippen molar-refractivity contribution in [1.29, 1.82) is 0 Å². The monoisotopic (exact) mass is 300 g/mol. The molecule has 120 valence electrons. The number of aliphatic hydroxyl groups is 3. The molecule has 0 unspecified atom stereocenters. The Morgan fingerprint density at radius 3 is 2.19 bits per heavy atom. The zero-order chi connectivity index (χ0) is 16.0. The highest BCUT2D eigenvalue weighted by Gasteiger charge is 2.19. The van der Waals surface area contributed by atoms with Crippen LogP contribution in [0.25, 0.3) is 0 Å². The maximum Gasteiger partial charge on any atom is 0.223 e. The van der Waals surface area contributed by atoms with Gasteiger partial charge in [-0.1, -0.05) is 0 Å². The summed E-state index contributed by atoms with van der Waals surface area (Å²) < 4.78 is 1.71.